The fourth-order valence-electron chi connectivity index (χ4n) is 6.32. The first-order valence-corrected chi connectivity index (χ1v) is 19.4. The van der Waals surface area contributed by atoms with Gasteiger partial charge in [0.05, 0.1) is 25.4 Å². The highest BCUT2D eigenvalue weighted by Gasteiger charge is 2.44. The minimum atomic E-state index is -1.65. The van der Waals surface area contributed by atoms with Gasteiger partial charge in [0.2, 0.25) is 5.91 Å². The molecule has 1 amide bonds. The molecule has 1 rings (SSSR count). The molecule has 0 aromatic rings. The van der Waals surface area contributed by atoms with Gasteiger partial charge < -0.3 is 50.5 Å². The van der Waals surface area contributed by atoms with Crippen molar-refractivity contribution in [2.75, 3.05) is 13.2 Å². The molecule has 0 saturated carbocycles. The Bertz CT molecular complexity index is 760. The molecule has 0 bridgehead atoms. The summed E-state index contributed by atoms with van der Waals surface area (Å²) < 4.78 is 11.0. The Kier molecular flexibility index (Phi) is 27.0. The quantitative estimate of drug-likeness (QED) is 0.0485. The monoisotopic (exact) mass is 692 g/mol. The van der Waals surface area contributed by atoms with Gasteiger partial charge in [-0.2, -0.15) is 0 Å². The lowest BCUT2D eigenvalue weighted by molar-refractivity contribution is -0.303. The van der Waals surface area contributed by atoms with Crippen molar-refractivity contribution in [2.24, 2.45) is 0 Å². The van der Waals surface area contributed by atoms with Crippen LogP contribution in [-0.2, 0) is 14.3 Å². The van der Waals surface area contributed by atoms with Gasteiger partial charge in [-0.25, -0.2) is 0 Å². The number of carbonyl (C=O) groups excluding carboxylic acids is 1. The van der Waals surface area contributed by atoms with Gasteiger partial charge in [-0.15, -0.1) is 0 Å². The molecule has 11 heteroatoms. The van der Waals surface area contributed by atoms with Crippen LogP contribution >= 0.6 is 0 Å². The number of amides is 1. The van der Waals surface area contributed by atoms with E-state index in [4.69, 9.17) is 9.47 Å². The summed E-state index contributed by atoms with van der Waals surface area (Å²) in [7, 11) is 0. The van der Waals surface area contributed by atoms with E-state index in [9.17, 15) is 40.5 Å². The molecule has 0 radical (unpaired) electrons. The number of aliphatic hydroxyl groups is 7. The van der Waals surface area contributed by atoms with E-state index < -0.39 is 74.2 Å². The molecule has 8 N–H and O–H groups in total. The molecule has 0 aromatic carbocycles. The summed E-state index contributed by atoms with van der Waals surface area (Å²) in [6.45, 7) is 3.38. The van der Waals surface area contributed by atoms with Gasteiger partial charge >= 0.3 is 0 Å². The lowest BCUT2D eigenvalue weighted by Crippen LogP contribution is -2.60. The maximum absolute atomic E-state index is 13.0. The maximum Gasteiger partial charge on any atom is 0.249 e. The van der Waals surface area contributed by atoms with E-state index in [1.165, 1.54) is 83.5 Å². The van der Waals surface area contributed by atoms with Crippen LogP contribution in [0, 0.1) is 0 Å². The third kappa shape index (κ3) is 19.5. The van der Waals surface area contributed by atoms with Crippen molar-refractivity contribution in [3.63, 3.8) is 0 Å². The average Bonchev–Trinajstić information content (AvgIpc) is 3.08. The summed E-state index contributed by atoms with van der Waals surface area (Å²) in [6.07, 6.45) is 13.1. The Morgan fingerprint density at radius 1 is 0.646 bits per heavy atom. The molecule has 9 unspecified atom stereocenters. The number of carbonyl (C=O) groups is 1. The molecule has 0 spiro atoms. The normalized spacial score (nSPS) is 23.9. The highest BCUT2D eigenvalue weighted by Crippen LogP contribution is 2.23. The molecular weight excluding hydrogens is 618 g/mol. The number of rotatable bonds is 31. The van der Waals surface area contributed by atoms with Crippen molar-refractivity contribution in [3.8, 4) is 0 Å². The van der Waals surface area contributed by atoms with Gasteiger partial charge in [0.1, 0.15) is 36.6 Å². The van der Waals surface area contributed by atoms with Crippen LogP contribution in [0.2, 0.25) is 0 Å². The van der Waals surface area contributed by atoms with E-state index in [1.54, 1.807) is 0 Å². The fourth-order valence-corrected chi connectivity index (χ4v) is 6.32. The zero-order valence-corrected chi connectivity index (χ0v) is 30.2. The molecular formula is C37H73NO10. The van der Waals surface area contributed by atoms with E-state index >= 15 is 0 Å². The summed E-state index contributed by atoms with van der Waals surface area (Å²) in [5.41, 5.74) is 0. The summed E-state index contributed by atoms with van der Waals surface area (Å²) in [5.74, 6) is -0.699. The molecule has 11 nitrogen and oxygen atoms in total. The van der Waals surface area contributed by atoms with E-state index in [0.29, 0.717) is 19.3 Å². The first-order valence-electron chi connectivity index (χ1n) is 19.4. The molecule has 286 valence electrons. The van der Waals surface area contributed by atoms with Gasteiger partial charge in [-0.1, -0.05) is 149 Å². The minimum Gasteiger partial charge on any atom is -0.394 e. The van der Waals surface area contributed by atoms with Gasteiger partial charge in [0.15, 0.2) is 6.29 Å². The highest BCUT2D eigenvalue weighted by molar-refractivity contribution is 5.80. The van der Waals surface area contributed by atoms with Gasteiger partial charge in [-0.3, -0.25) is 4.79 Å². The predicted molar refractivity (Wildman–Crippen MR) is 187 cm³/mol. The van der Waals surface area contributed by atoms with Crippen LogP contribution in [0.1, 0.15) is 162 Å². The number of ether oxygens (including phenoxy) is 2. The Balaban J connectivity index is 2.58. The van der Waals surface area contributed by atoms with Crippen molar-refractivity contribution >= 4 is 5.91 Å². The lowest BCUT2D eigenvalue weighted by atomic mass is 9.98. The molecule has 0 aromatic heterocycles. The van der Waals surface area contributed by atoms with Crippen molar-refractivity contribution in [2.45, 2.75) is 217 Å². The lowest BCUT2D eigenvalue weighted by Gasteiger charge is -2.40. The summed E-state index contributed by atoms with van der Waals surface area (Å²) in [5, 5.41) is 75.1. The Hall–Kier alpha value is -0.890. The summed E-state index contributed by atoms with van der Waals surface area (Å²) in [6, 6.07) is -1.16. The highest BCUT2D eigenvalue weighted by atomic mass is 16.7. The number of nitrogens with one attached hydrogen (secondary N) is 1. The predicted octanol–water partition coefficient (Wildman–Crippen LogP) is 4.38. The smallest absolute Gasteiger partial charge is 0.249 e. The zero-order chi connectivity index (χ0) is 35.6. The van der Waals surface area contributed by atoms with Crippen molar-refractivity contribution < 1.29 is 50.0 Å². The van der Waals surface area contributed by atoms with Crippen LogP contribution in [-0.4, -0.2) is 110 Å². The van der Waals surface area contributed by atoms with Crippen molar-refractivity contribution in [1.82, 2.24) is 5.32 Å². The second kappa shape index (κ2) is 28.8. The number of hydrogen-bond acceptors (Lipinski definition) is 10. The fraction of sp³-hybridized carbons (Fsp3) is 0.973. The minimum absolute atomic E-state index is 0.264. The van der Waals surface area contributed by atoms with E-state index in [1.807, 2.05) is 0 Å². The topological polar surface area (TPSA) is 189 Å². The Labute approximate surface area is 290 Å². The van der Waals surface area contributed by atoms with E-state index in [-0.39, 0.29) is 6.42 Å². The molecule has 9 atom stereocenters. The standard InChI is InChI=1S/C37H73NO10/c1-3-5-7-9-11-13-15-17-19-21-23-25-30(41)36(46)38-28(27-47-37-35(45)34(44)33(43)31(26-39)48-37)32(42)29(40)24-22-20-18-16-14-12-10-8-6-4-2/h28-35,37,39-45H,3-27H2,1-2H3,(H,38,46). The molecule has 1 fully saturated rings. The van der Waals surface area contributed by atoms with Crippen LogP contribution < -0.4 is 5.32 Å². The molecule has 1 heterocycles. The molecule has 48 heavy (non-hydrogen) atoms. The third-order valence-electron chi connectivity index (χ3n) is 9.66. The molecule has 1 aliphatic heterocycles. The van der Waals surface area contributed by atoms with Gasteiger partial charge in [0.25, 0.3) is 0 Å². The van der Waals surface area contributed by atoms with Gasteiger partial charge in [0, 0.05) is 0 Å². The van der Waals surface area contributed by atoms with Crippen LogP contribution in [0.4, 0.5) is 0 Å². The molecule has 1 aliphatic rings. The van der Waals surface area contributed by atoms with E-state index in [2.05, 4.69) is 19.2 Å². The largest absolute Gasteiger partial charge is 0.394 e. The molecule has 1 saturated heterocycles. The Morgan fingerprint density at radius 3 is 1.54 bits per heavy atom. The third-order valence-corrected chi connectivity index (χ3v) is 9.66. The Morgan fingerprint density at radius 2 is 1.08 bits per heavy atom. The maximum atomic E-state index is 13.0. The number of aliphatic hydroxyl groups excluding tert-OH is 7. The zero-order valence-electron chi connectivity index (χ0n) is 30.2. The van der Waals surface area contributed by atoms with Gasteiger partial charge in [-0.05, 0) is 12.8 Å². The molecule has 0 aliphatic carbocycles. The van der Waals surface area contributed by atoms with Crippen molar-refractivity contribution in [1.29, 1.82) is 0 Å². The van der Waals surface area contributed by atoms with Crippen LogP contribution in [0.3, 0.4) is 0 Å². The second-order valence-electron chi connectivity index (χ2n) is 14.0. The van der Waals surface area contributed by atoms with E-state index in [0.717, 1.165) is 38.5 Å². The first-order chi connectivity index (χ1) is 23.2. The first kappa shape index (κ1) is 45.1. The van der Waals surface area contributed by atoms with Crippen LogP contribution in [0.5, 0.6) is 0 Å². The van der Waals surface area contributed by atoms with Crippen molar-refractivity contribution in [3.05, 3.63) is 0 Å². The second-order valence-corrected chi connectivity index (χ2v) is 14.0. The number of unbranched alkanes of at least 4 members (excludes halogenated alkanes) is 19. The van der Waals surface area contributed by atoms with Crippen LogP contribution in [0.25, 0.3) is 0 Å². The average molecular weight is 692 g/mol. The summed E-state index contributed by atoms with van der Waals surface area (Å²) in [4.78, 5) is 13.0. The summed E-state index contributed by atoms with van der Waals surface area (Å²) >= 11 is 0. The van der Waals surface area contributed by atoms with Crippen LogP contribution in [0.15, 0.2) is 0 Å². The SMILES string of the molecule is CCCCCCCCCCCCCC(O)C(=O)NC(COC1OC(CO)C(O)C(O)C1O)C(O)C(O)CCCCCCCCCCCC. The number of hydrogen-bond donors (Lipinski definition) is 8.